The van der Waals surface area contributed by atoms with Crippen LogP contribution >= 0.6 is 0 Å². The third-order valence-corrected chi connectivity index (χ3v) is 3.38. The topological polar surface area (TPSA) is 66.3 Å². The van der Waals surface area contributed by atoms with Crippen molar-refractivity contribution in [2.24, 2.45) is 9.98 Å². The molecule has 0 fully saturated rings. The van der Waals surface area contributed by atoms with E-state index in [1.807, 2.05) is 0 Å². The maximum atomic E-state index is 13.1. The highest BCUT2D eigenvalue weighted by atomic mass is 19.4. The standard InChI is InChI=1S/C18H23F3N4O2/c1-6-22-16(24-17(26)25(4)5)23-10-13(3)27-11-14-12(2)8-7-9-15(14)18(19,20)21/h7-10H,3,6,11H2,1-2,4-5H3,(H,22,24,26). The van der Waals surface area contributed by atoms with E-state index in [0.717, 1.165) is 6.07 Å². The first-order valence-electron chi connectivity index (χ1n) is 8.10. The molecule has 1 N–H and O–H groups in total. The molecule has 0 spiro atoms. The van der Waals surface area contributed by atoms with Crippen LogP contribution in [0.15, 0.2) is 40.5 Å². The Balaban J connectivity index is 2.82. The van der Waals surface area contributed by atoms with E-state index in [9.17, 15) is 18.0 Å². The lowest BCUT2D eigenvalue weighted by atomic mass is 10.0. The number of aliphatic imine (C=N–C) groups is 2. The number of hydrogen-bond acceptors (Lipinski definition) is 3. The number of rotatable bonds is 5. The van der Waals surface area contributed by atoms with Gasteiger partial charge in [-0.05, 0) is 25.5 Å². The smallest absolute Gasteiger partial charge is 0.416 e. The van der Waals surface area contributed by atoms with Gasteiger partial charge in [-0.15, -0.1) is 0 Å². The van der Waals surface area contributed by atoms with Crippen LogP contribution in [0.1, 0.15) is 23.6 Å². The lowest BCUT2D eigenvalue weighted by Crippen LogP contribution is -2.38. The van der Waals surface area contributed by atoms with Crippen LogP contribution in [0.4, 0.5) is 18.0 Å². The SMILES string of the molecule is C=C(C=NC(=NCC)NC(=O)N(C)C)OCc1c(C)cccc1C(F)(F)F. The average Bonchev–Trinajstić information content (AvgIpc) is 2.57. The molecule has 0 aromatic heterocycles. The summed E-state index contributed by atoms with van der Waals surface area (Å²) in [5, 5.41) is 2.48. The van der Waals surface area contributed by atoms with Crippen LogP contribution in [0.3, 0.4) is 0 Å². The molecule has 0 atom stereocenters. The fourth-order valence-electron chi connectivity index (χ4n) is 1.96. The van der Waals surface area contributed by atoms with Gasteiger partial charge in [0.05, 0.1) is 11.8 Å². The second kappa shape index (κ2) is 9.75. The Hall–Kier alpha value is -2.84. The third kappa shape index (κ3) is 7.12. The first-order chi connectivity index (χ1) is 12.6. The van der Waals surface area contributed by atoms with Crippen molar-refractivity contribution >= 4 is 18.2 Å². The highest BCUT2D eigenvalue weighted by Crippen LogP contribution is 2.33. The molecule has 0 bridgehead atoms. The summed E-state index contributed by atoms with van der Waals surface area (Å²) in [4.78, 5) is 20.9. The van der Waals surface area contributed by atoms with Crippen LogP contribution < -0.4 is 5.32 Å². The molecule has 0 radical (unpaired) electrons. The van der Waals surface area contributed by atoms with Gasteiger partial charge < -0.3 is 9.64 Å². The second-order valence-corrected chi connectivity index (χ2v) is 5.73. The molecule has 1 aromatic rings. The van der Waals surface area contributed by atoms with Crippen LogP contribution in [0.25, 0.3) is 0 Å². The first kappa shape index (κ1) is 22.2. The molecular formula is C18H23F3N4O2. The van der Waals surface area contributed by atoms with Gasteiger partial charge in [-0.25, -0.2) is 9.79 Å². The zero-order valence-corrected chi connectivity index (χ0v) is 15.7. The normalized spacial score (nSPS) is 12.2. The zero-order chi connectivity index (χ0) is 20.6. The van der Waals surface area contributed by atoms with Crippen molar-refractivity contribution in [3.8, 4) is 0 Å². The summed E-state index contributed by atoms with van der Waals surface area (Å²) >= 11 is 0. The third-order valence-electron chi connectivity index (χ3n) is 3.38. The monoisotopic (exact) mass is 384 g/mol. The van der Waals surface area contributed by atoms with Gasteiger partial charge in [-0.2, -0.15) is 13.2 Å². The van der Waals surface area contributed by atoms with Crippen LogP contribution in [-0.4, -0.2) is 43.7 Å². The summed E-state index contributed by atoms with van der Waals surface area (Å²) in [5.41, 5.74) is -0.261. The van der Waals surface area contributed by atoms with E-state index in [0.29, 0.717) is 12.1 Å². The van der Waals surface area contributed by atoms with Crippen molar-refractivity contribution < 1.29 is 22.7 Å². The molecule has 1 rings (SSSR count). The number of carbonyl (C=O) groups excluding carboxylic acids is 1. The van der Waals surface area contributed by atoms with E-state index in [1.54, 1.807) is 34.0 Å². The Bertz CT molecular complexity index is 741. The lowest BCUT2D eigenvalue weighted by Gasteiger charge is -2.16. The van der Waals surface area contributed by atoms with Gasteiger partial charge >= 0.3 is 12.2 Å². The molecule has 0 heterocycles. The molecule has 1 aromatic carbocycles. The van der Waals surface area contributed by atoms with Gasteiger partial charge in [-0.3, -0.25) is 10.3 Å². The summed E-state index contributed by atoms with van der Waals surface area (Å²) in [6.07, 6.45) is -3.28. The number of benzene rings is 1. The lowest BCUT2D eigenvalue weighted by molar-refractivity contribution is -0.138. The number of hydrogen-bond donors (Lipinski definition) is 1. The highest BCUT2D eigenvalue weighted by molar-refractivity contribution is 6.00. The van der Waals surface area contributed by atoms with Crippen LogP contribution in [0.5, 0.6) is 0 Å². The predicted octanol–water partition coefficient (Wildman–Crippen LogP) is 3.76. The molecular weight excluding hydrogens is 361 g/mol. The number of urea groups is 1. The van der Waals surface area contributed by atoms with Gasteiger partial charge in [0.2, 0.25) is 5.96 Å². The largest absolute Gasteiger partial charge is 0.488 e. The van der Waals surface area contributed by atoms with Gasteiger partial charge in [0, 0.05) is 26.2 Å². The Morgan fingerprint density at radius 2 is 2.04 bits per heavy atom. The molecule has 0 saturated carbocycles. The number of carbonyl (C=O) groups is 1. The molecule has 0 aliphatic carbocycles. The van der Waals surface area contributed by atoms with Crippen molar-refractivity contribution in [2.75, 3.05) is 20.6 Å². The van der Waals surface area contributed by atoms with Gasteiger partial charge in [0.1, 0.15) is 12.4 Å². The number of ether oxygens (including phenoxy) is 1. The van der Waals surface area contributed by atoms with E-state index >= 15 is 0 Å². The minimum atomic E-state index is -4.47. The highest BCUT2D eigenvalue weighted by Gasteiger charge is 2.33. The van der Waals surface area contributed by atoms with Crippen molar-refractivity contribution in [3.05, 3.63) is 47.2 Å². The number of nitrogens with one attached hydrogen (secondary N) is 1. The fourth-order valence-corrected chi connectivity index (χ4v) is 1.96. The number of nitrogens with zero attached hydrogens (tertiary/aromatic N) is 3. The van der Waals surface area contributed by atoms with E-state index in [1.165, 1.54) is 17.2 Å². The maximum Gasteiger partial charge on any atom is 0.416 e. The van der Waals surface area contributed by atoms with Crippen LogP contribution in [-0.2, 0) is 17.5 Å². The maximum absolute atomic E-state index is 13.1. The van der Waals surface area contributed by atoms with Crippen molar-refractivity contribution in [1.29, 1.82) is 0 Å². The number of allylic oxidation sites excluding steroid dienone is 1. The second-order valence-electron chi connectivity index (χ2n) is 5.73. The Morgan fingerprint density at radius 1 is 1.37 bits per heavy atom. The Kier molecular flexibility index (Phi) is 8.01. The molecule has 0 aliphatic heterocycles. The number of halogens is 3. The summed E-state index contributed by atoms with van der Waals surface area (Å²) in [7, 11) is 3.12. The quantitative estimate of drug-likeness (QED) is 0.477. The summed E-state index contributed by atoms with van der Waals surface area (Å²) in [6, 6.07) is 3.51. The average molecular weight is 384 g/mol. The summed E-state index contributed by atoms with van der Waals surface area (Å²) < 4.78 is 44.6. The van der Waals surface area contributed by atoms with Crippen molar-refractivity contribution in [3.63, 3.8) is 0 Å². The Morgan fingerprint density at radius 3 is 2.59 bits per heavy atom. The van der Waals surface area contributed by atoms with Crippen molar-refractivity contribution in [2.45, 2.75) is 26.6 Å². The fraction of sp³-hybridized carbons (Fsp3) is 0.389. The van der Waals surface area contributed by atoms with E-state index in [-0.39, 0.29) is 23.9 Å². The molecule has 9 heteroatoms. The minimum Gasteiger partial charge on any atom is -0.488 e. The molecule has 6 nitrogen and oxygen atoms in total. The van der Waals surface area contributed by atoms with E-state index in [4.69, 9.17) is 4.74 Å². The van der Waals surface area contributed by atoms with Crippen LogP contribution in [0.2, 0.25) is 0 Å². The number of amides is 2. The van der Waals surface area contributed by atoms with Crippen LogP contribution in [0, 0.1) is 6.92 Å². The molecule has 0 aliphatic rings. The number of alkyl halides is 3. The summed E-state index contributed by atoms with van der Waals surface area (Å²) in [6.45, 7) is 7.02. The molecule has 148 valence electrons. The minimum absolute atomic E-state index is 0.0305. The molecule has 0 unspecified atom stereocenters. The predicted molar refractivity (Wildman–Crippen MR) is 98.8 cm³/mol. The van der Waals surface area contributed by atoms with E-state index < -0.39 is 17.8 Å². The zero-order valence-electron chi connectivity index (χ0n) is 15.7. The Labute approximate surface area is 156 Å². The number of aryl methyl sites for hydroxylation is 1. The number of guanidine groups is 1. The molecule has 0 saturated heterocycles. The molecule has 2 amide bonds. The van der Waals surface area contributed by atoms with Crippen molar-refractivity contribution in [1.82, 2.24) is 10.2 Å². The van der Waals surface area contributed by atoms with E-state index in [2.05, 4.69) is 21.9 Å². The van der Waals surface area contributed by atoms with Gasteiger partial charge in [0.25, 0.3) is 0 Å². The molecule has 27 heavy (non-hydrogen) atoms. The van der Waals surface area contributed by atoms with Gasteiger partial charge in [-0.1, -0.05) is 18.7 Å². The first-order valence-corrected chi connectivity index (χ1v) is 8.10. The summed E-state index contributed by atoms with van der Waals surface area (Å²) in [5.74, 6) is 0.0853. The van der Waals surface area contributed by atoms with Gasteiger partial charge in [0.15, 0.2) is 0 Å².